The third-order valence-electron chi connectivity index (χ3n) is 2.07. The molecular weight excluding hydrogens is 190 g/mol. The average Bonchev–Trinajstić information content (AvgIpc) is 2.61. The molecule has 0 aromatic heterocycles. The molecule has 1 aliphatic rings. The largest absolute Gasteiger partial charge is 0.407 e. The van der Waals surface area contributed by atoms with Gasteiger partial charge >= 0.3 is 5.97 Å². The van der Waals surface area contributed by atoms with Crippen molar-refractivity contribution in [1.82, 2.24) is 0 Å². The molecule has 0 unspecified atom stereocenters. The van der Waals surface area contributed by atoms with Gasteiger partial charge in [-0.3, -0.25) is 0 Å². The smallest absolute Gasteiger partial charge is 0.363 e. The van der Waals surface area contributed by atoms with Gasteiger partial charge in [0.15, 0.2) is 11.6 Å². The van der Waals surface area contributed by atoms with Crippen molar-refractivity contribution in [2.24, 2.45) is 4.99 Å². The molecule has 0 amide bonds. The van der Waals surface area contributed by atoms with Gasteiger partial charge in [-0.2, -0.15) is 0 Å². The second kappa shape index (κ2) is 4.09. The third-order valence-corrected chi connectivity index (χ3v) is 2.07. The van der Waals surface area contributed by atoms with Crippen LogP contribution in [0.25, 0.3) is 6.08 Å². The minimum absolute atomic E-state index is 0.365. The highest BCUT2D eigenvalue weighted by molar-refractivity contribution is 6.07. The fraction of sp³-hybridized carbons (Fsp3) is 0.167. The van der Waals surface area contributed by atoms with Gasteiger partial charge in [0.25, 0.3) is 0 Å². The molecule has 0 saturated carbocycles. The van der Waals surface area contributed by atoms with Crippen molar-refractivity contribution >= 4 is 17.9 Å². The molecule has 0 aliphatic carbocycles. The van der Waals surface area contributed by atoms with Gasteiger partial charge in [-0.1, -0.05) is 37.3 Å². The van der Waals surface area contributed by atoms with Crippen molar-refractivity contribution in [1.29, 1.82) is 0 Å². The lowest BCUT2D eigenvalue weighted by Gasteiger charge is -1.92. The van der Waals surface area contributed by atoms with Gasteiger partial charge in [0.1, 0.15) is 0 Å². The normalized spacial score (nSPS) is 17.8. The van der Waals surface area contributed by atoms with Crippen molar-refractivity contribution in [2.75, 3.05) is 0 Å². The number of rotatable bonds is 2. The van der Waals surface area contributed by atoms with E-state index in [0.29, 0.717) is 18.0 Å². The first-order valence-corrected chi connectivity index (χ1v) is 4.86. The Morgan fingerprint density at radius 2 is 2.07 bits per heavy atom. The topological polar surface area (TPSA) is 38.7 Å². The fourth-order valence-corrected chi connectivity index (χ4v) is 1.31. The number of esters is 1. The van der Waals surface area contributed by atoms with Crippen molar-refractivity contribution in [3.05, 3.63) is 41.6 Å². The van der Waals surface area contributed by atoms with Crippen LogP contribution in [-0.2, 0) is 9.53 Å². The Morgan fingerprint density at radius 1 is 1.33 bits per heavy atom. The summed E-state index contributed by atoms with van der Waals surface area (Å²) in [6.45, 7) is 1.90. The summed E-state index contributed by atoms with van der Waals surface area (Å²) in [6, 6.07) is 9.59. The van der Waals surface area contributed by atoms with Crippen molar-refractivity contribution in [3.8, 4) is 0 Å². The molecule has 3 nitrogen and oxygen atoms in total. The number of benzene rings is 1. The van der Waals surface area contributed by atoms with Gasteiger partial charge in [0, 0.05) is 6.42 Å². The molecule has 1 aliphatic heterocycles. The Kier molecular flexibility index (Phi) is 2.63. The molecule has 1 aromatic rings. The van der Waals surface area contributed by atoms with Crippen LogP contribution in [0, 0.1) is 0 Å². The van der Waals surface area contributed by atoms with Crippen LogP contribution in [0.5, 0.6) is 0 Å². The molecule has 0 saturated heterocycles. The van der Waals surface area contributed by atoms with E-state index in [1.54, 1.807) is 6.08 Å². The molecule has 1 aromatic carbocycles. The summed E-state index contributed by atoms with van der Waals surface area (Å²) in [5.41, 5.74) is 1.32. The third kappa shape index (κ3) is 2.13. The number of nitrogens with zero attached hydrogens (tertiary/aromatic N) is 1. The lowest BCUT2D eigenvalue weighted by molar-refractivity contribution is -0.130. The molecule has 0 bridgehead atoms. The number of hydrogen-bond donors (Lipinski definition) is 0. The number of carbonyl (C=O) groups is 1. The summed E-state index contributed by atoms with van der Waals surface area (Å²) in [6.07, 6.45) is 2.36. The maximum absolute atomic E-state index is 11.3. The van der Waals surface area contributed by atoms with Crippen LogP contribution in [-0.4, -0.2) is 11.9 Å². The van der Waals surface area contributed by atoms with Crippen LogP contribution in [0.4, 0.5) is 0 Å². The maximum Gasteiger partial charge on any atom is 0.363 e. The van der Waals surface area contributed by atoms with Gasteiger partial charge in [-0.15, -0.1) is 0 Å². The summed E-state index contributed by atoms with van der Waals surface area (Å²) in [4.78, 5) is 15.4. The zero-order valence-electron chi connectivity index (χ0n) is 8.43. The first-order chi connectivity index (χ1) is 7.29. The highest BCUT2D eigenvalue weighted by Gasteiger charge is 2.20. The molecule has 2 rings (SSSR count). The summed E-state index contributed by atoms with van der Waals surface area (Å²) in [7, 11) is 0. The van der Waals surface area contributed by atoms with Gasteiger partial charge in [-0.05, 0) is 11.6 Å². The Bertz CT molecular complexity index is 432. The van der Waals surface area contributed by atoms with Gasteiger partial charge < -0.3 is 4.74 Å². The Balaban J connectivity index is 2.28. The molecule has 0 radical (unpaired) electrons. The standard InChI is InChI=1S/C12H11NO2/c1-2-11-13-10(12(14)15-11)8-9-6-4-3-5-7-9/h3-8H,2H2,1H3. The summed E-state index contributed by atoms with van der Waals surface area (Å²) >= 11 is 0. The van der Waals surface area contributed by atoms with E-state index < -0.39 is 0 Å². The van der Waals surface area contributed by atoms with E-state index >= 15 is 0 Å². The Labute approximate surface area is 88.1 Å². The van der Waals surface area contributed by atoms with Crippen molar-refractivity contribution in [2.45, 2.75) is 13.3 Å². The lowest BCUT2D eigenvalue weighted by atomic mass is 10.2. The molecule has 0 spiro atoms. The summed E-state index contributed by atoms with van der Waals surface area (Å²) in [5, 5.41) is 0. The SMILES string of the molecule is CCC1=NC(=Cc2ccccc2)C(=O)O1. The van der Waals surface area contributed by atoms with Crippen LogP contribution < -0.4 is 0 Å². The van der Waals surface area contributed by atoms with Crippen LogP contribution in [0.1, 0.15) is 18.9 Å². The van der Waals surface area contributed by atoms with Crippen LogP contribution >= 0.6 is 0 Å². The molecule has 3 heteroatoms. The van der Waals surface area contributed by atoms with Gasteiger partial charge in [0.05, 0.1) is 0 Å². The molecule has 0 atom stereocenters. The Hall–Kier alpha value is -1.90. The van der Waals surface area contributed by atoms with E-state index in [0.717, 1.165) is 5.56 Å². The monoisotopic (exact) mass is 201 g/mol. The van der Waals surface area contributed by atoms with Crippen LogP contribution in [0.15, 0.2) is 41.0 Å². The molecular formula is C12H11NO2. The average molecular weight is 201 g/mol. The quantitative estimate of drug-likeness (QED) is 0.544. The molecule has 0 fully saturated rings. The molecule has 15 heavy (non-hydrogen) atoms. The molecule has 1 heterocycles. The highest BCUT2D eigenvalue weighted by Crippen LogP contribution is 2.16. The van der Waals surface area contributed by atoms with Gasteiger partial charge in [-0.25, -0.2) is 9.79 Å². The minimum Gasteiger partial charge on any atom is -0.407 e. The lowest BCUT2D eigenvalue weighted by Crippen LogP contribution is -2.02. The van der Waals surface area contributed by atoms with Gasteiger partial charge in [0.2, 0.25) is 0 Å². The maximum atomic E-state index is 11.3. The molecule has 0 N–H and O–H groups in total. The van der Waals surface area contributed by atoms with E-state index in [1.165, 1.54) is 0 Å². The minimum atomic E-state index is -0.365. The summed E-state index contributed by atoms with van der Waals surface area (Å²) < 4.78 is 4.94. The van der Waals surface area contributed by atoms with E-state index in [4.69, 9.17) is 4.74 Å². The van der Waals surface area contributed by atoms with Crippen molar-refractivity contribution in [3.63, 3.8) is 0 Å². The van der Waals surface area contributed by atoms with Crippen LogP contribution in [0.3, 0.4) is 0 Å². The number of hydrogen-bond acceptors (Lipinski definition) is 3. The molecule has 76 valence electrons. The fourth-order valence-electron chi connectivity index (χ4n) is 1.31. The first kappa shape index (κ1) is 9.65. The zero-order valence-corrected chi connectivity index (χ0v) is 8.43. The highest BCUT2D eigenvalue weighted by atomic mass is 16.6. The Morgan fingerprint density at radius 3 is 2.67 bits per heavy atom. The zero-order chi connectivity index (χ0) is 10.7. The first-order valence-electron chi connectivity index (χ1n) is 4.86. The number of aliphatic imine (C=N–C) groups is 1. The van der Waals surface area contributed by atoms with E-state index in [-0.39, 0.29) is 5.97 Å². The number of carbonyl (C=O) groups excluding carboxylic acids is 1. The summed E-state index contributed by atoms with van der Waals surface area (Å²) in [5.74, 6) is 0.123. The van der Waals surface area contributed by atoms with E-state index in [9.17, 15) is 4.79 Å². The van der Waals surface area contributed by atoms with Crippen molar-refractivity contribution < 1.29 is 9.53 Å². The van der Waals surface area contributed by atoms with Crippen LogP contribution in [0.2, 0.25) is 0 Å². The predicted molar refractivity (Wildman–Crippen MR) is 58.2 cm³/mol. The number of cyclic esters (lactones) is 1. The number of ether oxygens (including phenoxy) is 1. The van der Waals surface area contributed by atoms with E-state index in [1.807, 2.05) is 37.3 Å². The van der Waals surface area contributed by atoms with E-state index in [2.05, 4.69) is 4.99 Å². The second-order valence-electron chi connectivity index (χ2n) is 3.19. The predicted octanol–water partition coefficient (Wildman–Crippen LogP) is 2.39. The second-order valence-corrected chi connectivity index (χ2v) is 3.19.